The van der Waals surface area contributed by atoms with Crippen LogP contribution in [0.3, 0.4) is 0 Å². The number of aryl methyl sites for hydroxylation is 2. The molecule has 7 heteroatoms. The molecule has 1 aliphatic heterocycles. The van der Waals surface area contributed by atoms with Crippen LogP contribution in [0.25, 0.3) is 11.0 Å². The Labute approximate surface area is 136 Å². The Morgan fingerprint density at radius 1 is 1.30 bits per heavy atom. The fraction of sp³-hybridized carbons (Fsp3) is 0.500. The highest BCUT2D eigenvalue weighted by Crippen LogP contribution is 2.23. The molecule has 2 aromatic rings. The number of carbonyl (C=O) groups excluding carboxylic acids is 1. The van der Waals surface area contributed by atoms with E-state index in [1.807, 2.05) is 24.6 Å². The van der Waals surface area contributed by atoms with Crippen LogP contribution in [-0.4, -0.2) is 52.4 Å². The van der Waals surface area contributed by atoms with Gasteiger partial charge in [0.25, 0.3) is 5.91 Å². The first kappa shape index (κ1) is 16.0. The molecule has 2 heterocycles. The van der Waals surface area contributed by atoms with Gasteiger partial charge in [0.05, 0.1) is 22.0 Å². The molecule has 0 unspecified atom stereocenters. The number of fused-ring (bicyclic) bond motifs is 1. The molecule has 6 nitrogen and oxygen atoms in total. The second-order valence-electron chi connectivity index (χ2n) is 6.23. The van der Waals surface area contributed by atoms with Crippen molar-refractivity contribution in [2.24, 2.45) is 7.05 Å². The molecular formula is C16H21N3O3S. The molecule has 3 rings (SSSR count). The molecule has 2 atom stereocenters. The summed E-state index contributed by atoms with van der Waals surface area (Å²) in [6, 6.07) is 5.12. The smallest absolute Gasteiger partial charge is 0.254 e. The quantitative estimate of drug-likeness (QED) is 0.792. The van der Waals surface area contributed by atoms with Crippen LogP contribution >= 0.6 is 0 Å². The van der Waals surface area contributed by atoms with Gasteiger partial charge < -0.3 is 9.47 Å². The lowest BCUT2D eigenvalue weighted by molar-refractivity contribution is 0.0693. The van der Waals surface area contributed by atoms with Crippen LogP contribution in [0, 0.1) is 6.92 Å². The number of sulfone groups is 1. The molecular weight excluding hydrogens is 314 g/mol. The number of rotatable bonds is 1. The predicted molar refractivity (Wildman–Crippen MR) is 89.2 cm³/mol. The summed E-state index contributed by atoms with van der Waals surface area (Å²) in [5, 5.41) is -0.541. The van der Waals surface area contributed by atoms with Crippen molar-refractivity contribution in [2.45, 2.75) is 32.1 Å². The summed E-state index contributed by atoms with van der Waals surface area (Å²) in [7, 11) is -1.17. The molecule has 0 bridgehead atoms. The monoisotopic (exact) mass is 335 g/mol. The van der Waals surface area contributed by atoms with E-state index in [1.54, 1.807) is 30.9 Å². The molecule has 1 aromatic carbocycles. The highest BCUT2D eigenvalue weighted by atomic mass is 32.2. The fourth-order valence-corrected chi connectivity index (χ4v) is 4.64. The maximum atomic E-state index is 12.8. The van der Waals surface area contributed by atoms with Gasteiger partial charge in [-0.2, -0.15) is 0 Å². The zero-order valence-electron chi connectivity index (χ0n) is 13.8. The molecule has 1 aromatic heterocycles. The summed E-state index contributed by atoms with van der Waals surface area (Å²) in [4.78, 5) is 18.9. The number of nitrogens with zero attached hydrogens (tertiary/aromatic N) is 3. The summed E-state index contributed by atoms with van der Waals surface area (Å²) < 4.78 is 25.9. The SMILES string of the molecule is Cc1nc2cc(C(=O)N3CCS(=O)(=O)[C@H](C)[C@H]3C)ccc2n1C. The van der Waals surface area contributed by atoms with Crippen molar-refractivity contribution in [3.05, 3.63) is 29.6 Å². The summed E-state index contributed by atoms with van der Waals surface area (Å²) >= 11 is 0. The molecule has 1 amide bonds. The van der Waals surface area contributed by atoms with Gasteiger partial charge in [-0.1, -0.05) is 0 Å². The largest absolute Gasteiger partial charge is 0.334 e. The summed E-state index contributed by atoms with van der Waals surface area (Å²) in [5.74, 6) is 0.773. The Kier molecular flexibility index (Phi) is 3.71. The minimum Gasteiger partial charge on any atom is -0.334 e. The zero-order chi connectivity index (χ0) is 16.9. The predicted octanol–water partition coefficient (Wildman–Crippen LogP) is 1.53. The summed E-state index contributed by atoms with van der Waals surface area (Å²) in [5.41, 5.74) is 2.30. The Bertz CT molecular complexity index is 885. The second kappa shape index (κ2) is 5.33. The number of carbonyl (C=O) groups is 1. The van der Waals surface area contributed by atoms with Crippen molar-refractivity contribution in [3.63, 3.8) is 0 Å². The van der Waals surface area contributed by atoms with Crippen molar-refractivity contribution in [2.75, 3.05) is 12.3 Å². The topological polar surface area (TPSA) is 72.3 Å². The molecule has 1 aliphatic rings. The van der Waals surface area contributed by atoms with Crippen molar-refractivity contribution in [3.8, 4) is 0 Å². The second-order valence-corrected chi connectivity index (χ2v) is 8.71. The minimum atomic E-state index is -3.11. The van der Waals surface area contributed by atoms with Gasteiger partial charge in [0.1, 0.15) is 5.82 Å². The first-order valence-electron chi connectivity index (χ1n) is 7.68. The lowest BCUT2D eigenvalue weighted by Crippen LogP contribution is -2.54. The zero-order valence-corrected chi connectivity index (χ0v) is 14.6. The van der Waals surface area contributed by atoms with Crippen LogP contribution in [0.15, 0.2) is 18.2 Å². The van der Waals surface area contributed by atoms with E-state index in [1.165, 1.54) is 0 Å². The Balaban J connectivity index is 1.94. The van der Waals surface area contributed by atoms with E-state index in [2.05, 4.69) is 4.98 Å². The van der Waals surface area contributed by atoms with E-state index >= 15 is 0 Å². The van der Waals surface area contributed by atoms with Gasteiger partial charge in [0.15, 0.2) is 9.84 Å². The van der Waals surface area contributed by atoms with Crippen molar-refractivity contribution in [1.29, 1.82) is 0 Å². The van der Waals surface area contributed by atoms with Gasteiger partial charge in [0, 0.05) is 25.2 Å². The average Bonchev–Trinajstić information content (AvgIpc) is 2.79. The lowest BCUT2D eigenvalue weighted by Gasteiger charge is -2.37. The highest BCUT2D eigenvalue weighted by molar-refractivity contribution is 7.92. The Hall–Kier alpha value is -1.89. The van der Waals surface area contributed by atoms with Crippen LogP contribution in [0.2, 0.25) is 0 Å². The average molecular weight is 335 g/mol. The molecule has 0 aliphatic carbocycles. The van der Waals surface area contributed by atoms with Crippen molar-refractivity contribution < 1.29 is 13.2 Å². The third-order valence-corrected chi connectivity index (χ3v) is 7.24. The number of imidazole rings is 1. The maximum absolute atomic E-state index is 12.8. The third-order valence-electron chi connectivity index (χ3n) is 4.97. The number of hydrogen-bond donors (Lipinski definition) is 0. The minimum absolute atomic E-state index is 0.0230. The highest BCUT2D eigenvalue weighted by Gasteiger charge is 2.38. The first-order valence-corrected chi connectivity index (χ1v) is 9.39. The molecule has 1 fully saturated rings. The van der Waals surface area contributed by atoms with E-state index < -0.39 is 15.1 Å². The van der Waals surface area contributed by atoms with Gasteiger partial charge in [-0.25, -0.2) is 13.4 Å². The van der Waals surface area contributed by atoms with Crippen molar-refractivity contribution in [1.82, 2.24) is 14.5 Å². The van der Waals surface area contributed by atoms with Crippen LogP contribution in [0.5, 0.6) is 0 Å². The fourth-order valence-electron chi connectivity index (χ4n) is 3.07. The normalized spacial score (nSPS) is 24.1. The van der Waals surface area contributed by atoms with Gasteiger partial charge >= 0.3 is 0 Å². The van der Waals surface area contributed by atoms with E-state index in [9.17, 15) is 13.2 Å². The molecule has 1 saturated heterocycles. The number of aromatic nitrogens is 2. The molecule has 23 heavy (non-hydrogen) atoms. The summed E-state index contributed by atoms with van der Waals surface area (Å²) in [6.45, 7) is 5.63. The van der Waals surface area contributed by atoms with Crippen LogP contribution < -0.4 is 0 Å². The van der Waals surface area contributed by atoms with Crippen molar-refractivity contribution >= 4 is 26.8 Å². The molecule has 0 N–H and O–H groups in total. The van der Waals surface area contributed by atoms with Crippen LogP contribution in [0.4, 0.5) is 0 Å². The van der Waals surface area contributed by atoms with Gasteiger partial charge in [-0.05, 0) is 39.0 Å². The molecule has 0 saturated carbocycles. The number of hydrogen-bond acceptors (Lipinski definition) is 4. The van der Waals surface area contributed by atoms with E-state index in [0.29, 0.717) is 5.56 Å². The lowest BCUT2D eigenvalue weighted by atomic mass is 10.1. The molecule has 124 valence electrons. The number of benzene rings is 1. The van der Waals surface area contributed by atoms with E-state index in [-0.39, 0.29) is 24.2 Å². The Morgan fingerprint density at radius 2 is 2.00 bits per heavy atom. The summed E-state index contributed by atoms with van der Waals surface area (Å²) in [6.07, 6.45) is 0. The van der Waals surface area contributed by atoms with E-state index in [4.69, 9.17) is 0 Å². The number of amides is 1. The van der Waals surface area contributed by atoms with Crippen LogP contribution in [0.1, 0.15) is 30.0 Å². The maximum Gasteiger partial charge on any atom is 0.254 e. The van der Waals surface area contributed by atoms with Crippen LogP contribution in [-0.2, 0) is 16.9 Å². The molecule has 0 spiro atoms. The Morgan fingerprint density at radius 3 is 2.70 bits per heavy atom. The third kappa shape index (κ3) is 2.52. The standard InChI is InChI=1S/C16H21N3O3S/c1-10-11(2)23(21,22)8-7-19(10)16(20)13-5-6-15-14(9-13)17-12(3)18(15)4/h5-6,9-11H,7-8H2,1-4H3/t10-,11-/m1/s1. The van der Waals surface area contributed by atoms with Gasteiger partial charge in [0.2, 0.25) is 0 Å². The molecule has 0 radical (unpaired) electrons. The van der Waals surface area contributed by atoms with Gasteiger partial charge in [-0.15, -0.1) is 0 Å². The van der Waals surface area contributed by atoms with E-state index in [0.717, 1.165) is 16.9 Å². The first-order chi connectivity index (χ1) is 10.7. The van der Waals surface area contributed by atoms with Gasteiger partial charge in [-0.3, -0.25) is 4.79 Å².